The Morgan fingerprint density at radius 3 is 2.17 bits per heavy atom. The number of sulfonamides is 1. The molecule has 0 unspecified atom stereocenters. The van der Waals surface area contributed by atoms with Crippen molar-refractivity contribution in [2.75, 3.05) is 22.4 Å². The molecule has 0 atom stereocenters. The number of hydrogen-bond acceptors (Lipinski definition) is 4. The molecule has 2 N–H and O–H groups in total. The third-order valence-corrected chi connectivity index (χ3v) is 6.64. The molecular weight excluding hydrogens is 462 g/mol. The van der Waals surface area contributed by atoms with Crippen LogP contribution in [0.3, 0.4) is 0 Å². The standard InChI is InChI=1S/C27H31N3O4S/c1-4-5-18-28-27(32)24-8-6-7-9-25(24)29-26(31)22-14-16-23(17-15-22)30(35(3,33)34)19-21-12-10-20(2)11-13-21/h6-17H,4-5,18-19H2,1-3H3,(H,28,32)(H,29,31). The van der Waals surface area contributed by atoms with E-state index in [-0.39, 0.29) is 12.5 Å². The second-order valence-corrected chi connectivity index (χ2v) is 10.3. The zero-order valence-corrected chi connectivity index (χ0v) is 21.1. The third kappa shape index (κ3) is 7.16. The van der Waals surface area contributed by atoms with E-state index in [4.69, 9.17) is 0 Å². The molecule has 0 aromatic heterocycles. The van der Waals surface area contributed by atoms with Gasteiger partial charge in [0.2, 0.25) is 10.0 Å². The van der Waals surface area contributed by atoms with Crippen molar-refractivity contribution in [1.29, 1.82) is 0 Å². The third-order valence-electron chi connectivity index (χ3n) is 5.50. The summed E-state index contributed by atoms with van der Waals surface area (Å²) in [6, 6.07) is 20.8. The van der Waals surface area contributed by atoms with Gasteiger partial charge in [-0.2, -0.15) is 0 Å². The largest absolute Gasteiger partial charge is 0.352 e. The van der Waals surface area contributed by atoms with Gasteiger partial charge in [0.25, 0.3) is 11.8 Å². The van der Waals surface area contributed by atoms with E-state index in [2.05, 4.69) is 10.6 Å². The van der Waals surface area contributed by atoms with Gasteiger partial charge in [0.05, 0.1) is 29.7 Å². The number of nitrogens with one attached hydrogen (secondary N) is 2. The highest BCUT2D eigenvalue weighted by Crippen LogP contribution is 2.23. The first-order valence-corrected chi connectivity index (χ1v) is 13.4. The molecule has 0 heterocycles. The minimum atomic E-state index is -3.54. The number of carbonyl (C=O) groups is 2. The molecule has 7 nitrogen and oxygen atoms in total. The lowest BCUT2D eigenvalue weighted by Gasteiger charge is -2.23. The van der Waals surface area contributed by atoms with Gasteiger partial charge in [0, 0.05) is 12.1 Å². The van der Waals surface area contributed by atoms with E-state index in [9.17, 15) is 18.0 Å². The Balaban J connectivity index is 1.76. The predicted molar refractivity (Wildman–Crippen MR) is 140 cm³/mol. The summed E-state index contributed by atoms with van der Waals surface area (Å²) in [5.41, 5.74) is 3.55. The van der Waals surface area contributed by atoms with Crippen molar-refractivity contribution in [3.8, 4) is 0 Å². The fourth-order valence-electron chi connectivity index (χ4n) is 3.50. The van der Waals surface area contributed by atoms with E-state index in [1.165, 1.54) is 4.31 Å². The molecule has 0 radical (unpaired) electrons. The highest BCUT2D eigenvalue weighted by Gasteiger charge is 2.19. The summed E-state index contributed by atoms with van der Waals surface area (Å²) >= 11 is 0. The smallest absolute Gasteiger partial charge is 0.255 e. The Bertz CT molecular complexity index is 1270. The molecule has 0 aliphatic carbocycles. The second-order valence-electron chi connectivity index (χ2n) is 8.41. The Hall–Kier alpha value is -3.65. The fourth-order valence-corrected chi connectivity index (χ4v) is 4.39. The molecule has 3 aromatic rings. The Morgan fingerprint density at radius 2 is 1.54 bits per heavy atom. The van der Waals surface area contributed by atoms with Crippen molar-refractivity contribution in [3.05, 3.63) is 95.1 Å². The molecule has 35 heavy (non-hydrogen) atoms. The van der Waals surface area contributed by atoms with Gasteiger partial charge in [0.15, 0.2) is 0 Å². The molecule has 0 spiro atoms. The zero-order chi connectivity index (χ0) is 25.4. The van der Waals surface area contributed by atoms with Crippen LogP contribution in [0.25, 0.3) is 0 Å². The van der Waals surface area contributed by atoms with E-state index in [0.29, 0.717) is 29.0 Å². The summed E-state index contributed by atoms with van der Waals surface area (Å²) in [4.78, 5) is 25.4. The maximum Gasteiger partial charge on any atom is 0.255 e. The van der Waals surface area contributed by atoms with Gasteiger partial charge in [-0.3, -0.25) is 13.9 Å². The van der Waals surface area contributed by atoms with Crippen LogP contribution < -0.4 is 14.9 Å². The first-order valence-electron chi connectivity index (χ1n) is 11.5. The maximum atomic E-state index is 12.9. The minimum absolute atomic E-state index is 0.186. The molecule has 0 saturated carbocycles. The second kappa shape index (κ2) is 11.7. The molecule has 3 rings (SSSR count). The van der Waals surface area contributed by atoms with Crippen molar-refractivity contribution in [2.24, 2.45) is 0 Å². The van der Waals surface area contributed by atoms with E-state index in [1.807, 2.05) is 38.1 Å². The highest BCUT2D eigenvalue weighted by atomic mass is 32.2. The number of unbranched alkanes of at least 4 members (excludes halogenated alkanes) is 1. The van der Waals surface area contributed by atoms with Crippen LogP contribution in [0.5, 0.6) is 0 Å². The highest BCUT2D eigenvalue weighted by molar-refractivity contribution is 7.92. The van der Waals surface area contributed by atoms with E-state index < -0.39 is 15.9 Å². The topological polar surface area (TPSA) is 95.6 Å². The number of carbonyl (C=O) groups excluding carboxylic acids is 2. The van der Waals surface area contributed by atoms with Gasteiger partial charge in [0.1, 0.15) is 0 Å². The number of hydrogen-bond donors (Lipinski definition) is 2. The Labute approximate surface area is 207 Å². The molecular formula is C27H31N3O4S. The quantitative estimate of drug-likeness (QED) is 0.399. The minimum Gasteiger partial charge on any atom is -0.352 e. The monoisotopic (exact) mass is 493 g/mol. The van der Waals surface area contributed by atoms with Crippen LogP contribution in [0, 0.1) is 6.92 Å². The lowest BCUT2D eigenvalue weighted by atomic mass is 10.1. The number of rotatable bonds is 10. The number of benzene rings is 3. The lowest BCUT2D eigenvalue weighted by molar-refractivity contribution is 0.0954. The van der Waals surface area contributed by atoms with Gasteiger partial charge in [-0.1, -0.05) is 55.3 Å². The van der Waals surface area contributed by atoms with Crippen molar-refractivity contribution in [3.63, 3.8) is 0 Å². The Morgan fingerprint density at radius 1 is 0.886 bits per heavy atom. The molecule has 0 aliphatic heterocycles. The summed E-state index contributed by atoms with van der Waals surface area (Å²) in [7, 11) is -3.54. The van der Waals surface area contributed by atoms with E-state index in [0.717, 1.165) is 30.2 Å². The van der Waals surface area contributed by atoms with Crippen molar-refractivity contribution >= 4 is 33.2 Å². The molecule has 0 aliphatic rings. The summed E-state index contributed by atoms with van der Waals surface area (Å²) in [5.74, 6) is -0.639. The van der Waals surface area contributed by atoms with Gasteiger partial charge in [-0.05, 0) is 55.3 Å². The maximum absolute atomic E-state index is 12.9. The first kappa shape index (κ1) is 26.0. The summed E-state index contributed by atoms with van der Waals surface area (Å²) in [6.45, 7) is 4.77. The SMILES string of the molecule is CCCCNC(=O)c1ccccc1NC(=O)c1ccc(N(Cc2ccc(C)cc2)S(C)(=O)=O)cc1. The average molecular weight is 494 g/mol. The molecule has 0 fully saturated rings. The van der Waals surface area contributed by atoms with Crippen molar-refractivity contribution < 1.29 is 18.0 Å². The van der Waals surface area contributed by atoms with E-state index in [1.54, 1.807) is 48.5 Å². The average Bonchev–Trinajstić information content (AvgIpc) is 2.83. The predicted octanol–water partition coefficient (Wildman–Crippen LogP) is 4.74. The molecule has 2 amide bonds. The van der Waals surface area contributed by atoms with Gasteiger partial charge in [-0.15, -0.1) is 0 Å². The molecule has 184 valence electrons. The van der Waals surface area contributed by atoms with Crippen LogP contribution in [-0.2, 0) is 16.6 Å². The number of anilines is 2. The molecule has 0 saturated heterocycles. The molecule has 8 heteroatoms. The normalized spacial score (nSPS) is 11.1. The van der Waals surface area contributed by atoms with Crippen LogP contribution >= 0.6 is 0 Å². The van der Waals surface area contributed by atoms with Gasteiger partial charge in [-0.25, -0.2) is 8.42 Å². The molecule has 3 aromatic carbocycles. The summed E-state index contributed by atoms with van der Waals surface area (Å²) < 4.78 is 26.2. The lowest BCUT2D eigenvalue weighted by Crippen LogP contribution is -2.29. The number of para-hydroxylation sites is 1. The van der Waals surface area contributed by atoms with Crippen LogP contribution in [0.2, 0.25) is 0 Å². The van der Waals surface area contributed by atoms with Crippen molar-refractivity contribution in [2.45, 2.75) is 33.2 Å². The van der Waals surface area contributed by atoms with Crippen LogP contribution in [0.15, 0.2) is 72.8 Å². The molecule has 0 bridgehead atoms. The number of aryl methyl sites for hydroxylation is 1. The van der Waals surface area contributed by atoms with Crippen molar-refractivity contribution in [1.82, 2.24) is 5.32 Å². The van der Waals surface area contributed by atoms with Gasteiger partial charge < -0.3 is 10.6 Å². The zero-order valence-electron chi connectivity index (χ0n) is 20.2. The van der Waals surface area contributed by atoms with E-state index >= 15 is 0 Å². The fraction of sp³-hybridized carbons (Fsp3) is 0.259. The number of amides is 2. The Kier molecular flexibility index (Phi) is 8.65. The summed E-state index contributed by atoms with van der Waals surface area (Å²) in [5, 5.41) is 5.65. The first-order chi connectivity index (χ1) is 16.7. The van der Waals surface area contributed by atoms with Crippen LogP contribution in [0.4, 0.5) is 11.4 Å². The summed E-state index contributed by atoms with van der Waals surface area (Å²) in [6.07, 6.45) is 3.00. The van der Waals surface area contributed by atoms with Crippen LogP contribution in [-0.4, -0.2) is 33.0 Å². The van der Waals surface area contributed by atoms with Crippen LogP contribution in [0.1, 0.15) is 51.6 Å². The van der Waals surface area contributed by atoms with Gasteiger partial charge >= 0.3 is 0 Å². The number of nitrogens with zero attached hydrogens (tertiary/aromatic N) is 1.